The molecule has 0 aliphatic heterocycles. The Morgan fingerprint density at radius 3 is 2.66 bits per heavy atom. The first kappa shape index (κ1) is 20.9. The molecule has 7 heteroatoms. The van der Waals surface area contributed by atoms with Gasteiger partial charge in [0.2, 0.25) is 0 Å². The molecule has 0 bridgehead atoms. The van der Waals surface area contributed by atoms with Crippen molar-refractivity contribution in [3.8, 4) is 5.75 Å². The Morgan fingerprint density at radius 2 is 2.00 bits per heavy atom. The van der Waals surface area contributed by atoms with Crippen LogP contribution in [0, 0.1) is 12.8 Å². The largest absolute Gasteiger partial charge is 0.487 e. The minimum atomic E-state index is -2.53. The van der Waals surface area contributed by atoms with Gasteiger partial charge in [-0.25, -0.2) is 8.78 Å². The number of ketones is 1. The Bertz CT molecular complexity index is 897. The predicted octanol–water partition coefficient (Wildman–Crippen LogP) is 4.05. The van der Waals surface area contributed by atoms with Gasteiger partial charge >= 0.3 is 0 Å². The molecular weight excluding hydrogens is 378 g/mol. The zero-order chi connectivity index (χ0) is 21.0. The fraction of sp³-hybridized carbons (Fsp3) is 0.409. The molecule has 1 unspecified atom stereocenters. The van der Waals surface area contributed by atoms with Crippen LogP contribution in [0.3, 0.4) is 0 Å². The number of benzene rings is 1. The molecular formula is C22H24F2N2O3. The lowest BCUT2D eigenvalue weighted by Gasteiger charge is -2.17. The summed E-state index contributed by atoms with van der Waals surface area (Å²) in [4.78, 5) is 28.8. The van der Waals surface area contributed by atoms with Gasteiger partial charge in [0.15, 0.2) is 0 Å². The monoisotopic (exact) mass is 402 g/mol. The molecule has 1 aliphatic carbocycles. The number of hydrogen-bond acceptors (Lipinski definition) is 4. The van der Waals surface area contributed by atoms with Gasteiger partial charge in [0.1, 0.15) is 18.1 Å². The maximum absolute atomic E-state index is 12.6. The Labute approximate surface area is 168 Å². The van der Waals surface area contributed by atoms with Crippen LogP contribution < -0.4 is 10.1 Å². The molecule has 0 radical (unpaired) electrons. The number of amides is 1. The van der Waals surface area contributed by atoms with E-state index in [0.717, 1.165) is 18.4 Å². The Hall–Kier alpha value is -2.83. The van der Waals surface area contributed by atoms with E-state index in [4.69, 9.17) is 4.74 Å². The number of carbonyl (C=O) groups excluding carboxylic acids is 2. The van der Waals surface area contributed by atoms with Crippen molar-refractivity contribution in [3.05, 3.63) is 58.9 Å². The number of hydrogen-bond donors (Lipinski definition) is 1. The van der Waals surface area contributed by atoms with Gasteiger partial charge in [-0.05, 0) is 56.0 Å². The standard InChI is InChI=1S/C22H24F2N2O3/c1-13-9-16(5-6-20(13)29-12-21(23)24)14(2)26-22(28)17-7-8-25-18(10-17)11-19(27)15-3-4-15/h5-10,14-15,21H,3-4,11-12H2,1-2H3,(H,26,28). The average Bonchev–Trinajstić information content (AvgIpc) is 3.52. The maximum atomic E-state index is 12.6. The van der Waals surface area contributed by atoms with Crippen molar-refractivity contribution in [2.45, 2.75) is 45.6 Å². The lowest BCUT2D eigenvalue weighted by Crippen LogP contribution is -2.27. The molecule has 5 nitrogen and oxygen atoms in total. The number of aromatic nitrogens is 1. The van der Waals surface area contributed by atoms with Crippen molar-refractivity contribution in [1.29, 1.82) is 0 Å². The third-order valence-corrected chi connectivity index (χ3v) is 4.88. The van der Waals surface area contributed by atoms with Gasteiger partial charge in [-0.15, -0.1) is 0 Å². The summed E-state index contributed by atoms with van der Waals surface area (Å²) in [6.07, 6.45) is 1.15. The van der Waals surface area contributed by atoms with E-state index in [1.807, 2.05) is 6.92 Å². The van der Waals surface area contributed by atoms with Gasteiger partial charge < -0.3 is 10.1 Å². The Kier molecular flexibility index (Phi) is 6.56. The number of alkyl halides is 2. The molecule has 1 fully saturated rings. The Balaban J connectivity index is 1.62. The molecule has 1 aliphatic rings. The first-order valence-electron chi connectivity index (χ1n) is 9.63. The average molecular weight is 402 g/mol. The van der Waals surface area contributed by atoms with Crippen LogP contribution in [0.5, 0.6) is 5.75 Å². The molecule has 1 saturated carbocycles. The number of ether oxygens (including phenoxy) is 1. The second-order valence-corrected chi connectivity index (χ2v) is 7.38. The van der Waals surface area contributed by atoms with Crippen molar-refractivity contribution in [2.24, 2.45) is 5.92 Å². The maximum Gasteiger partial charge on any atom is 0.272 e. The minimum Gasteiger partial charge on any atom is -0.487 e. The van der Waals surface area contributed by atoms with Crippen molar-refractivity contribution < 1.29 is 23.1 Å². The normalized spacial score (nSPS) is 14.5. The molecule has 154 valence electrons. The second kappa shape index (κ2) is 9.11. The summed E-state index contributed by atoms with van der Waals surface area (Å²) in [5.41, 5.74) is 2.59. The molecule has 1 N–H and O–H groups in total. The third kappa shape index (κ3) is 5.82. The summed E-state index contributed by atoms with van der Waals surface area (Å²) in [6.45, 7) is 2.95. The van der Waals surface area contributed by atoms with Crippen molar-refractivity contribution in [2.75, 3.05) is 6.61 Å². The van der Waals surface area contributed by atoms with Gasteiger partial charge in [-0.1, -0.05) is 12.1 Å². The van der Waals surface area contributed by atoms with E-state index in [-0.39, 0.29) is 30.1 Å². The third-order valence-electron chi connectivity index (χ3n) is 4.88. The summed E-state index contributed by atoms with van der Waals surface area (Å²) in [5.74, 6) is 0.459. The smallest absolute Gasteiger partial charge is 0.272 e. The molecule has 1 atom stereocenters. The van der Waals surface area contributed by atoms with E-state index in [2.05, 4.69) is 10.3 Å². The highest BCUT2D eigenvalue weighted by Crippen LogP contribution is 2.30. The zero-order valence-corrected chi connectivity index (χ0v) is 16.5. The van der Waals surface area contributed by atoms with Crippen molar-refractivity contribution in [3.63, 3.8) is 0 Å². The summed E-state index contributed by atoms with van der Waals surface area (Å²) in [7, 11) is 0. The quantitative estimate of drug-likeness (QED) is 0.687. The van der Waals surface area contributed by atoms with E-state index in [0.29, 0.717) is 22.6 Å². The van der Waals surface area contributed by atoms with Crippen LogP contribution in [0.25, 0.3) is 0 Å². The topological polar surface area (TPSA) is 68.3 Å². The summed E-state index contributed by atoms with van der Waals surface area (Å²) in [5, 5.41) is 2.91. The number of Topliss-reactive ketones (excluding diaryl/α,β-unsaturated/α-hetero) is 1. The first-order valence-corrected chi connectivity index (χ1v) is 9.63. The molecule has 3 rings (SSSR count). The molecule has 1 aromatic heterocycles. The van der Waals surface area contributed by atoms with Gasteiger partial charge in [-0.2, -0.15) is 0 Å². The molecule has 29 heavy (non-hydrogen) atoms. The summed E-state index contributed by atoms with van der Waals surface area (Å²) in [6, 6.07) is 8.14. The van der Waals surface area contributed by atoms with E-state index in [9.17, 15) is 18.4 Å². The molecule has 2 aromatic rings. The highest BCUT2D eigenvalue weighted by molar-refractivity contribution is 5.94. The number of rotatable bonds is 9. The van der Waals surface area contributed by atoms with Crippen LogP contribution in [0.4, 0.5) is 8.78 Å². The van der Waals surface area contributed by atoms with Crippen LogP contribution in [0.2, 0.25) is 0 Å². The number of aryl methyl sites for hydroxylation is 1. The van der Waals surface area contributed by atoms with Crippen LogP contribution >= 0.6 is 0 Å². The molecule has 1 amide bonds. The van der Waals surface area contributed by atoms with Gasteiger partial charge in [0.05, 0.1) is 6.04 Å². The van der Waals surface area contributed by atoms with E-state index in [1.54, 1.807) is 37.3 Å². The van der Waals surface area contributed by atoms with Crippen LogP contribution in [0.1, 0.15) is 53.0 Å². The van der Waals surface area contributed by atoms with Crippen LogP contribution in [0.15, 0.2) is 36.5 Å². The summed E-state index contributed by atoms with van der Waals surface area (Å²) < 4.78 is 29.7. The summed E-state index contributed by atoms with van der Waals surface area (Å²) >= 11 is 0. The van der Waals surface area contributed by atoms with Crippen molar-refractivity contribution in [1.82, 2.24) is 10.3 Å². The van der Waals surface area contributed by atoms with E-state index >= 15 is 0 Å². The van der Waals surface area contributed by atoms with Crippen LogP contribution in [-0.2, 0) is 11.2 Å². The van der Waals surface area contributed by atoms with E-state index in [1.165, 1.54) is 6.20 Å². The minimum absolute atomic E-state index is 0.158. The fourth-order valence-corrected chi connectivity index (χ4v) is 3.06. The molecule has 1 aromatic carbocycles. The lowest BCUT2D eigenvalue weighted by atomic mass is 10.0. The van der Waals surface area contributed by atoms with Crippen molar-refractivity contribution >= 4 is 11.7 Å². The second-order valence-electron chi connectivity index (χ2n) is 7.38. The number of nitrogens with one attached hydrogen (secondary N) is 1. The van der Waals surface area contributed by atoms with E-state index < -0.39 is 13.0 Å². The number of pyridine rings is 1. The predicted molar refractivity (Wildman–Crippen MR) is 104 cm³/mol. The Morgan fingerprint density at radius 1 is 1.24 bits per heavy atom. The fourth-order valence-electron chi connectivity index (χ4n) is 3.06. The van der Waals surface area contributed by atoms with Gasteiger partial charge in [-0.3, -0.25) is 14.6 Å². The molecule has 0 saturated heterocycles. The number of halogens is 2. The zero-order valence-electron chi connectivity index (χ0n) is 16.5. The van der Waals surface area contributed by atoms with Gasteiger partial charge in [0.25, 0.3) is 12.3 Å². The number of carbonyl (C=O) groups is 2. The molecule has 0 spiro atoms. The SMILES string of the molecule is Cc1cc(C(C)NC(=O)c2ccnc(CC(=O)C3CC3)c2)ccc1OCC(F)F. The van der Waals surface area contributed by atoms with Crippen LogP contribution in [-0.4, -0.2) is 29.7 Å². The highest BCUT2D eigenvalue weighted by Gasteiger charge is 2.29. The molecule has 1 heterocycles. The number of nitrogens with zero attached hydrogens (tertiary/aromatic N) is 1. The highest BCUT2D eigenvalue weighted by atomic mass is 19.3. The first-order chi connectivity index (χ1) is 13.8. The van der Waals surface area contributed by atoms with Gasteiger partial charge in [0, 0.05) is 29.8 Å². The lowest BCUT2D eigenvalue weighted by molar-refractivity contribution is -0.119.